The molecule has 10 heteroatoms. The van der Waals surface area contributed by atoms with Gasteiger partial charge < -0.3 is 10.1 Å². The summed E-state index contributed by atoms with van der Waals surface area (Å²) in [5.74, 6) is -0.0246. The predicted molar refractivity (Wildman–Crippen MR) is 133 cm³/mol. The van der Waals surface area contributed by atoms with E-state index >= 15 is 0 Å². The Morgan fingerprint density at radius 1 is 1.06 bits per heavy atom. The number of carbonyl (C=O) groups is 1. The van der Waals surface area contributed by atoms with Crippen LogP contribution >= 0.6 is 0 Å². The molecule has 0 aliphatic rings. The van der Waals surface area contributed by atoms with Crippen LogP contribution in [-0.4, -0.2) is 37.2 Å². The van der Waals surface area contributed by atoms with Crippen LogP contribution in [0.5, 0.6) is 5.75 Å². The molecule has 1 N–H and O–H groups in total. The zero-order valence-electron chi connectivity index (χ0n) is 19.9. The van der Waals surface area contributed by atoms with Crippen molar-refractivity contribution in [3.8, 4) is 5.75 Å². The van der Waals surface area contributed by atoms with E-state index in [-0.39, 0.29) is 22.7 Å². The second-order valence-electron chi connectivity index (χ2n) is 8.04. The number of rotatable bonds is 9. The highest BCUT2D eigenvalue weighted by Gasteiger charge is 2.23. The maximum absolute atomic E-state index is 13.1. The molecule has 9 nitrogen and oxygen atoms in total. The quantitative estimate of drug-likeness (QED) is 0.339. The van der Waals surface area contributed by atoms with Crippen molar-refractivity contribution in [2.45, 2.75) is 32.2 Å². The molecule has 0 aliphatic heterocycles. The summed E-state index contributed by atoms with van der Waals surface area (Å²) < 4.78 is 33.0. The average molecular weight is 498 g/mol. The summed E-state index contributed by atoms with van der Waals surface area (Å²) >= 11 is 0. The Morgan fingerprint density at radius 3 is 2.37 bits per heavy atom. The molecule has 0 aromatic heterocycles. The molecular formula is C25H27N3O6S. The normalized spacial score (nSPS) is 11.3. The summed E-state index contributed by atoms with van der Waals surface area (Å²) in [4.78, 5) is 23.7. The van der Waals surface area contributed by atoms with Crippen molar-refractivity contribution in [2.24, 2.45) is 0 Å². The highest BCUT2D eigenvalue weighted by Crippen LogP contribution is 2.27. The number of amides is 1. The van der Waals surface area contributed by atoms with Crippen molar-refractivity contribution in [1.29, 1.82) is 0 Å². The van der Waals surface area contributed by atoms with Gasteiger partial charge in [0.2, 0.25) is 10.0 Å². The monoisotopic (exact) mass is 497 g/mol. The smallest absolute Gasteiger partial charge is 0.271 e. The van der Waals surface area contributed by atoms with Gasteiger partial charge in [0.1, 0.15) is 5.75 Å². The lowest BCUT2D eigenvalue weighted by Crippen LogP contribution is -2.27. The van der Waals surface area contributed by atoms with E-state index in [1.807, 2.05) is 13.8 Å². The molecule has 1 amide bonds. The van der Waals surface area contributed by atoms with Crippen LogP contribution < -0.4 is 10.1 Å². The standard InChI is InChI=1S/C25H27N3O6S/c1-5-34-24-13-9-19(25(29)26-23-15-21(28(30)31)10-8-18(23)3)14-20(24)16-27(4)35(32,33)22-11-6-17(2)7-12-22/h6-15H,5,16H2,1-4H3,(H,26,29). The van der Waals surface area contributed by atoms with Crippen molar-refractivity contribution < 1.29 is 22.9 Å². The molecule has 0 unspecified atom stereocenters. The first kappa shape index (κ1) is 25.9. The number of nitro benzene ring substituents is 1. The van der Waals surface area contributed by atoms with Gasteiger partial charge in [-0.25, -0.2) is 8.42 Å². The number of hydrogen-bond donors (Lipinski definition) is 1. The topological polar surface area (TPSA) is 119 Å². The number of non-ortho nitro benzene ring substituents is 1. The highest BCUT2D eigenvalue weighted by atomic mass is 32.2. The second-order valence-corrected chi connectivity index (χ2v) is 10.1. The third-order valence-corrected chi connectivity index (χ3v) is 7.24. The zero-order valence-corrected chi connectivity index (χ0v) is 20.8. The summed E-state index contributed by atoms with van der Waals surface area (Å²) in [5.41, 5.74) is 2.56. The van der Waals surface area contributed by atoms with E-state index in [1.165, 1.54) is 23.5 Å². The Bertz CT molecular complexity index is 1350. The molecule has 0 radical (unpaired) electrons. The van der Waals surface area contributed by atoms with E-state index in [0.29, 0.717) is 29.2 Å². The number of ether oxygens (including phenoxy) is 1. The summed E-state index contributed by atoms with van der Waals surface area (Å²) in [6.07, 6.45) is 0. The number of nitrogens with one attached hydrogen (secondary N) is 1. The van der Waals surface area contributed by atoms with Crippen LogP contribution in [0.25, 0.3) is 0 Å². The fraction of sp³-hybridized carbons (Fsp3) is 0.240. The largest absolute Gasteiger partial charge is 0.494 e. The van der Waals surface area contributed by atoms with Crippen LogP contribution in [0.4, 0.5) is 11.4 Å². The Balaban J connectivity index is 1.89. The first-order valence-corrected chi connectivity index (χ1v) is 12.3. The first-order valence-electron chi connectivity index (χ1n) is 10.9. The van der Waals surface area contributed by atoms with Gasteiger partial charge in [0, 0.05) is 36.9 Å². The Morgan fingerprint density at radius 2 is 1.74 bits per heavy atom. The molecule has 0 atom stereocenters. The summed E-state index contributed by atoms with van der Waals surface area (Å²) in [5, 5.41) is 13.8. The molecule has 0 spiro atoms. The number of benzene rings is 3. The van der Waals surface area contributed by atoms with Gasteiger partial charge in [-0.15, -0.1) is 0 Å². The van der Waals surface area contributed by atoms with Gasteiger partial charge in [-0.2, -0.15) is 4.31 Å². The minimum atomic E-state index is -3.77. The molecule has 35 heavy (non-hydrogen) atoms. The number of aryl methyl sites for hydroxylation is 2. The van der Waals surface area contributed by atoms with Gasteiger partial charge in [0.15, 0.2) is 0 Å². The van der Waals surface area contributed by atoms with Gasteiger partial charge in [-0.3, -0.25) is 14.9 Å². The van der Waals surface area contributed by atoms with Crippen LogP contribution in [0.15, 0.2) is 65.6 Å². The fourth-order valence-electron chi connectivity index (χ4n) is 3.41. The molecule has 0 heterocycles. The van der Waals surface area contributed by atoms with E-state index in [2.05, 4.69) is 5.32 Å². The Hall–Kier alpha value is -3.76. The molecule has 0 aliphatic carbocycles. The summed E-state index contributed by atoms with van der Waals surface area (Å²) in [7, 11) is -2.31. The van der Waals surface area contributed by atoms with Crippen molar-refractivity contribution in [2.75, 3.05) is 19.0 Å². The fourth-order valence-corrected chi connectivity index (χ4v) is 4.56. The minimum absolute atomic E-state index is 0.0253. The molecule has 3 rings (SSSR count). The van der Waals surface area contributed by atoms with Crippen LogP contribution in [-0.2, 0) is 16.6 Å². The van der Waals surface area contributed by atoms with E-state index in [9.17, 15) is 23.3 Å². The van der Waals surface area contributed by atoms with Crippen LogP contribution in [0.3, 0.4) is 0 Å². The van der Waals surface area contributed by atoms with Crippen molar-refractivity contribution >= 4 is 27.3 Å². The number of anilines is 1. The van der Waals surface area contributed by atoms with Gasteiger partial charge in [0.05, 0.1) is 22.1 Å². The van der Waals surface area contributed by atoms with E-state index < -0.39 is 20.9 Å². The number of nitro groups is 1. The minimum Gasteiger partial charge on any atom is -0.494 e. The van der Waals surface area contributed by atoms with E-state index in [1.54, 1.807) is 55.5 Å². The predicted octanol–water partition coefficient (Wildman–Crippen LogP) is 4.68. The molecule has 3 aromatic rings. The van der Waals surface area contributed by atoms with Gasteiger partial charge >= 0.3 is 0 Å². The number of nitrogens with zero attached hydrogens (tertiary/aromatic N) is 2. The number of carbonyl (C=O) groups excluding carboxylic acids is 1. The first-order chi connectivity index (χ1) is 16.5. The zero-order chi connectivity index (χ0) is 25.8. The van der Waals surface area contributed by atoms with Crippen molar-refractivity contribution in [3.05, 3.63) is 93.0 Å². The summed E-state index contributed by atoms with van der Waals surface area (Å²) in [6.45, 7) is 5.75. The Kier molecular flexibility index (Phi) is 7.88. The van der Waals surface area contributed by atoms with Crippen LogP contribution in [0.1, 0.15) is 34.0 Å². The third-order valence-electron chi connectivity index (χ3n) is 5.42. The van der Waals surface area contributed by atoms with Gasteiger partial charge in [-0.05, 0) is 56.7 Å². The molecular weight excluding hydrogens is 470 g/mol. The number of hydrogen-bond acceptors (Lipinski definition) is 6. The number of sulfonamides is 1. The van der Waals surface area contributed by atoms with Crippen molar-refractivity contribution in [1.82, 2.24) is 4.31 Å². The molecule has 0 saturated carbocycles. The lowest BCUT2D eigenvalue weighted by atomic mass is 10.1. The molecule has 3 aromatic carbocycles. The molecule has 0 fully saturated rings. The summed E-state index contributed by atoms with van der Waals surface area (Å²) in [6, 6.07) is 15.5. The average Bonchev–Trinajstić information content (AvgIpc) is 2.81. The van der Waals surface area contributed by atoms with Crippen LogP contribution in [0, 0.1) is 24.0 Å². The Labute approximate surface area is 204 Å². The highest BCUT2D eigenvalue weighted by molar-refractivity contribution is 7.89. The maximum atomic E-state index is 13.1. The maximum Gasteiger partial charge on any atom is 0.271 e. The second kappa shape index (κ2) is 10.7. The SMILES string of the molecule is CCOc1ccc(C(=O)Nc2cc([N+](=O)[O-])ccc2C)cc1CN(C)S(=O)(=O)c1ccc(C)cc1. The lowest BCUT2D eigenvalue weighted by Gasteiger charge is -2.20. The van der Waals surface area contributed by atoms with Gasteiger partial charge in [-0.1, -0.05) is 23.8 Å². The van der Waals surface area contributed by atoms with Gasteiger partial charge in [0.25, 0.3) is 11.6 Å². The molecule has 0 saturated heterocycles. The van der Waals surface area contributed by atoms with Crippen molar-refractivity contribution in [3.63, 3.8) is 0 Å². The van der Waals surface area contributed by atoms with Crippen LogP contribution in [0.2, 0.25) is 0 Å². The van der Waals surface area contributed by atoms with E-state index in [0.717, 1.165) is 5.56 Å². The lowest BCUT2D eigenvalue weighted by molar-refractivity contribution is -0.384. The molecule has 0 bridgehead atoms. The van der Waals surface area contributed by atoms with E-state index in [4.69, 9.17) is 4.74 Å². The third kappa shape index (κ3) is 6.03. The molecule has 184 valence electrons.